The van der Waals surface area contributed by atoms with Crippen LogP contribution in [0.15, 0.2) is 18.2 Å². The van der Waals surface area contributed by atoms with Gasteiger partial charge in [-0.2, -0.15) is 0 Å². The first-order valence-corrected chi connectivity index (χ1v) is 10.1. The van der Waals surface area contributed by atoms with Crippen molar-refractivity contribution >= 4 is 44.6 Å². The molecule has 1 saturated heterocycles. The van der Waals surface area contributed by atoms with Gasteiger partial charge in [-0.1, -0.05) is 30.1 Å². The fourth-order valence-corrected chi connectivity index (χ4v) is 4.93. The Hall–Kier alpha value is -0.820. The van der Waals surface area contributed by atoms with Gasteiger partial charge in [-0.05, 0) is 31.2 Å². The molecule has 1 fully saturated rings. The van der Waals surface area contributed by atoms with Crippen molar-refractivity contribution in [1.29, 1.82) is 0 Å². The smallest absolute Gasteiger partial charge is 0.225 e. The van der Waals surface area contributed by atoms with Gasteiger partial charge in [-0.25, -0.2) is 8.42 Å². The molecule has 0 saturated carbocycles. The topological polar surface area (TPSA) is 66.5 Å². The largest absolute Gasteiger partial charge is 0.325 e. The minimum Gasteiger partial charge on any atom is -0.325 e. The van der Waals surface area contributed by atoms with Crippen LogP contribution in [0.3, 0.4) is 0 Å². The highest BCUT2D eigenvalue weighted by molar-refractivity contribution is 7.91. The number of rotatable bonds is 6. The predicted octanol–water partition coefficient (Wildman–Crippen LogP) is 2.83. The SMILES string of the molecule is CCN(CCC(=O)Nc1ccc(Cl)cc1Cl)C1CCS(=O)(=O)C1. The standard InChI is InChI=1S/C15H20Cl2N2O3S/c1-2-19(12-6-8-23(21,22)10-12)7-5-15(20)18-14-4-3-11(16)9-13(14)17/h3-4,9,12H,2,5-8,10H2,1H3,(H,18,20). The van der Waals surface area contributed by atoms with E-state index in [2.05, 4.69) is 5.32 Å². The van der Waals surface area contributed by atoms with E-state index in [-0.39, 0.29) is 29.9 Å². The third-order valence-corrected chi connectivity index (χ3v) is 6.26. The molecule has 1 atom stereocenters. The van der Waals surface area contributed by atoms with Crippen LogP contribution in [0.5, 0.6) is 0 Å². The van der Waals surface area contributed by atoms with Gasteiger partial charge in [0, 0.05) is 24.0 Å². The average molecular weight is 379 g/mol. The molecule has 0 bridgehead atoms. The van der Waals surface area contributed by atoms with Crippen LogP contribution in [0.4, 0.5) is 5.69 Å². The zero-order chi connectivity index (χ0) is 17.0. The van der Waals surface area contributed by atoms with E-state index in [1.54, 1.807) is 18.2 Å². The summed E-state index contributed by atoms with van der Waals surface area (Å²) in [6.45, 7) is 3.21. The van der Waals surface area contributed by atoms with Gasteiger partial charge in [-0.15, -0.1) is 0 Å². The number of sulfone groups is 1. The summed E-state index contributed by atoms with van der Waals surface area (Å²) in [5.41, 5.74) is 0.521. The summed E-state index contributed by atoms with van der Waals surface area (Å²) >= 11 is 11.8. The molecule has 1 aromatic carbocycles. The van der Waals surface area contributed by atoms with Gasteiger partial charge >= 0.3 is 0 Å². The van der Waals surface area contributed by atoms with Crippen LogP contribution in [-0.4, -0.2) is 49.9 Å². The second-order valence-corrected chi connectivity index (χ2v) is 8.68. The fourth-order valence-electron chi connectivity index (χ4n) is 2.71. The Morgan fingerprint density at radius 2 is 2.13 bits per heavy atom. The molecule has 0 aromatic heterocycles. The van der Waals surface area contributed by atoms with Gasteiger partial charge < -0.3 is 5.32 Å². The van der Waals surface area contributed by atoms with Gasteiger partial charge in [0.05, 0.1) is 22.2 Å². The minimum absolute atomic E-state index is 0.0110. The molecule has 1 N–H and O–H groups in total. The van der Waals surface area contributed by atoms with Crippen LogP contribution < -0.4 is 5.32 Å². The van der Waals surface area contributed by atoms with E-state index >= 15 is 0 Å². The summed E-state index contributed by atoms with van der Waals surface area (Å²) in [6, 6.07) is 4.89. The number of halogens is 2. The van der Waals surface area contributed by atoms with Gasteiger partial charge in [0.1, 0.15) is 0 Å². The lowest BCUT2D eigenvalue weighted by molar-refractivity contribution is -0.116. The maximum Gasteiger partial charge on any atom is 0.225 e. The summed E-state index contributed by atoms with van der Waals surface area (Å²) in [7, 11) is -2.92. The molecule has 0 radical (unpaired) electrons. The molecule has 1 aliphatic heterocycles. The normalized spacial score (nSPS) is 19.9. The number of anilines is 1. The second-order valence-electron chi connectivity index (χ2n) is 5.61. The molecule has 8 heteroatoms. The lowest BCUT2D eigenvalue weighted by Gasteiger charge is -2.26. The number of amides is 1. The van der Waals surface area contributed by atoms with Gasteiger partial charge in [-0.3, -0.25) is 9.69 Å². The average Bonchev–Trinajstić information content (AvgIpc) is 2.83. The molecule has 0 aliphatic carbocycles. The molecular weight excluding hydrogens is 359 g/mol. The highest BCUT2D eigenvalue weighted by atomic mass is 35.5. The van der Waals surface area contributed by atoms with Crippen LogP contribution >= 0.6 is 23.2 Å². The van der Waals surface area contributed by atoms with Gasteiger partial charge in [0.25, 0.3) is 0 Å². The van der Waals surface area contributed by atoms with Crippen molar-refractivity contribution in [1.82, 2.24) is 4.90 Å². The summed E-state index contributed by atoms with van der Waals surface area (Å²) < 4.78 is 23.1. The van der Waals surface area contributed by atoms with E-state index < -0.39 is 9.84 Å². The Morgan fingerprint density at radius 1 is 1.39 bits per heavy atom. The van der Waals surface area contributed by atoms with E-state index in [9.17, 15) is 13.2 Å². The molecule has 23 heavy (non-hydrogen) atoms. The molecular formula is C15H20Cl2N2O3S. The Kier molecular flexibility index (Phi) is 6.31. The Bertz CT molecular complexity index is 679. The number of hydrogen-bond donors (Lipinski definition) is 1. The highest BCUT2D eigenvalue weighted by Crippen LogP contribution is 2.25. The van der Waals surface area contributed by atoms with Crippen LogP contribution in [0, 0.1) is 0 Å². The number of nitrogens with zero attached hydrogens (tertiary/aromatic N) is 1. The van der Waals surface area contributed by atoms with Crippen LogP contribution in [0.1, 0.15) is 19.8 Å². The zero-order valence-corrected chi connectivity index (χ0v) is 15.2. The number of carbonyl (C=O) groups excluding carboxylic acids is 1. The molecule has 5 nitrogen and oxygen atoms in total. The summed E-state index contributed by atoms with van der Waals surface area (Å²) in [5, 5.41) is 3.65. The summed E-state index contributed by atoms with van der Waals surface area (Å²) in [6.07, 6.45) is 0.921. The first-order valence-electron chi connectivity index (χ1n) is 7.50. The highest BCUT2D eigenvalue weighted by Gasteiger charge is 2.31. The summed E-state index contributed by atoms with van der Waals surface area (Å²) in [4.78, 5) is 14.1. The van der Waals surface area contributed by atoms with Gasteiger partial charge in [0.15, 0.2) is 9.84 Å². The molecule has 1 aliphatic rings. The Morgan fingerprint density at radius 3 is 2.70 bits per heavy atom. The van der Waals surface area contributed by atoms with Crippen molar-refractivity contribution in [3.63, 3.8) is 0 Å². The molecule has 1 unspecified atom stereocenters. The summed E-state index contributed by atoms with van der Waals surface area (Å²) in [5.74, 6) is 0.264. The number of hydrogen-bond acceptors (Lipinski definition) is 4. The van der Waals surface area contributed by atoms with Gasteiger partial charge in [0.2, 0.25) is 5.91 Å². The second kappa shape index (κ2) is 7.83. The number of nitrogens with one attached hydrogen (secondary N) is 1. The van der Waals surface area contributed by atoms with E-state index in [1.165, 1.54) is 0 Å². The van der Waals surface area contributed by atoms with Crippen molar-refractivity contribution < 1.29 is 13.2 Å². The van der Waals surface area contributed by atoms with Crippen molar-refractivity contribution in [2.45, 2.75) is 25.8 Å². The molecule has 0 spiro atoms. The molecule has 1 heterocycles. The van der Waals surface area contributed by atoms with Crippen molar-refractivity contribution in [2.24, 2.45) is 0 Å². The lowest BCUT2D eigenvalue weighted by Crippen LogP contribution is -2.38. The third-order valence-electron chi connectivity index (χ3n) is 3.96. The maximum atomic E-state index is 12.1. The molecule has 2 rings (SSSR count). The molecule has 1 aromatic rings. The monoisotopic (exact) mass is 378 g/mol. The first-order chi connectivity index (χ1) is 10.8. The van der Waals surface area contributed by atoms with E-state index in [0.29, 0.717) is 28.7 Å². The number of benzene rings is 1. The van der Waals surface area contributed by atoms with E-state index in [0.717, 1.165) is 6.54 Å². The Balaban J connectivity index is 1.87. The Labute approximate surface area is 146 Å². The number of carbonyl (C=O) groups is 1. The predicted molar refractivity (Wildman–Crippen MR) is 94.0 cm³/mol. The van der Waals surface area contributed by atoms with E-state index in [1.807, 2.05) is 11.8 Å². The molecule has 128 valence electrons. The maximum absolute atomic E-state index is 12.1. The third kappa shape index (κ3) is 5.35. The quantitative estimate of drug-likeness (QED) is 0.826. The van der Waals surface area contributed by atoms with Crippen LogP contribution in [0.25, 0.3) is 0 Å². The van der Waals surface area contributed by atoms with E-state index in [4.69, 9.17) is 23.2 Å². The minimum atomic E-state index is -2.92. The lowest BCUT2D eigenvalue weighted by atomic mass is 10.2. The zero-order valence-electron chi connectivity index (χ0n) is 12.9. The first kappa shape index (κ1) is 18.5. The van der Waals surface area contributed by atoms with Crippen molar-refractivity contribution in [3.8, 4) is 0 Å². The van der Waals surface area contributed by atoms with Crippen LogP contribution in [0.2, 0.25) is 10.0 Å². The van der Waals surface area contributed by atoms with Crippen LogP contribution in [-0.2, 0) is 14.6 Å². The van der Waals surface area contributed by atoms with Crippen molar-refractivity contribution in [2.75, 3.05) is 29.9 Å². The molecule has 1 amide bonds. The van der Waals surface area contributed by atoms with Crippen molar-refractivity contribution in [3.05, 3.63) is 28.2 Å². The fraction of sp³-hybridized carbons (Fsp3) is 0.533.